The van der Waals surface area contributed by atoms with E-state index in [0.29, 0.717) is 6.10 Å². The van der Waals surface area contributed by atoms with Crippen molar-refractivity contribution in [3.05, 3.63) is 23.8 Å². The molecule has 1 saturated carbocycles. The van der Waals surface area contributed by atoms with Gasteiger partial charge in [-0.15, -0.1) is 0 Å². The second kappa shape index (κ2) is 9.23. The third kappa shape index (κ3) is 4.97. The highest BCUT2D eigenvalue weighted by Crippen LogP contribution is 2.29. The molecule has 1 aliphatic carbocycles. The van der Waals surface area contributed by atoms with Crippen LogP contribution in [0.5, 0.6) is 0 Å². The molecule has 0 amide bonds. The molecule has 1 atom stereocenters. The second-order valence-corrected chi connectivity index (χ2v) is 7.56. The van der Waals surface area contributed by atoms with E-state index in [9.17, 15) is 0 Å². The lowest BCUT2D eigenvalue weighted by atomic mass is 9.88. The highest BCUT2D eigenvalue weighted by Gasteiger charge is 2.22. The van der Waals surface area contributed by atoms with Crippen molar-refractivity contribution in [1.29, 1.82) is 5.41 Å². The van der Waals surface area contributed by atoms with Gasteiger partial charge in [0.25, 0.3) is 0 Å². The Labute approximate surface area is 152 Å². The van der Waals surface area contributed by atoms with Gasteiger partial charge in [0.05, 0.1) is 6.10 Å². The summed E-state index contributed by atoms with van der Waals surface area (Å²) in [6.07, 6.45) is 12.3. The summed E-state index contributed by atoms with van der Waals surface area (Å²) in [4.78, 5) is 2.53. The summed E-state index contributed by atoms with van der Waals surface area (Å²) < 4.78 is 6.02. The molecule has 25 heavy (non-hydrogen) atoms. The third-order valence-corrected chi connectivity index (χ3v) is 5.73. The Hall–Kier alpha value is -1.55. The van der Waals surface area contributed by atoms with Crippen molar-refractivity contribution in [3.8, 4) is 0 Å². The van der Waals surface area contributed by atoms with E-state index in [1.807, 2.05) is 7.05 Å². The van der Waals surface area contributed by atoms with Gasteiger partial charge in [-0.2, -0.15) is 0 Å². The fourth-order valence-corrected chi connectivity index (χ4v) is 4.26. The van der Waals surface area contributed by atoms with Crippen LogP contribution in [0.2, 0.25) is 0 Å². The molecule has 2 N–H and O–H groups in total. The van der Waals surface area contributed by atoms with Crippen molar-refractivity contribution in [3.63, 3.8) is 0 Å². The summed E-state index contributed by atoms with van der Waals surface area (Å²) in [6, 6.07) is 6.46. The Morgan fingerprint density at radius 1 is 1.12 bits per heavy atom. The maximum absolute atomic E-state index is 7.72. The largest absolute Gasteiger partial charge is 0.388 e. The van der Waals surface area contributed by atoms with Gasteiger partial charge in [-0.25, -0.2) is 0 Å². The van der Waals surface area contributed by atoms with Crippen molar-refractivity contribution < 1.29 is 4.74 Å². The van der Waals surface area contributed by atoms with Crippen molar-refractivity contribution >= 4 is 17.6 Å². The fourth-order valence-electron chi connectivity index (χ4n) is 4.26. The van der Waals surface area contributed by atoms with Crippen molar-refractivity contribution in [2.75, 3.05) is 37.0 Å². The van der Waals surface area contributed by atoms with E-state index in [0.717, 1.165) is 36.9 Å². The van der Waals surface area contributed by atoms with Gasteiger partial charge in [-0.1, -0.05) is 19.3 Å². The summed E-state index contributed by atoms with van der Waals surface area (Å²) in [5.74, 6) is 0.796. The number of hydrogen-bond donors (Lipinski definition) is 2. The molecule has 1 aliphatic heterocycles. The number of nitrogens with zero attached hydrogens (tertiary/aromatic N) is 1. The molecule has 138 valence electrons. The van der Waals surface area contributed by atoms with E-state index < -0.39 is 0 Å². The van der Waals surface area contributed by atoms with Crippen molar-refractivity contribution in [1.82, 2.24) is 0 Å². The highest BCUT2D eigenvalue weighted by molar-refractivity contribution is 5.87. The zero-order valence-electron chi connectivity index (χ0n) is 15.6. The second-order valence-electron chi connectivity index (χ2n) is 7.56. The van der Waals surface area contributed by atoms with Crippen LogP contribution in [0.15, 0.2) is 18.2 Å². The van der Waals surface area contributed by atoms with Gasteiger partial charge in [0.1, 0.15) is 0 Å². The molecular formula is C21H33N3O. The number of hydrogen-bond acceptors (Lipinski definition) is 4. The molecule has 2 fully saturated rings. The highest BCUT2D eigenvalue weighted by atomic mass is 16.5. The molecule has 0 bridgehead atoms. The summed E-state index contributed by atoms with van der Waals surface area (Å²) in [5.41, 5.74) is 3.21. The summed E-state index contributed by atoms with van der Waals surface area (Å²) in [6.45, 7) is 3.01. The molecule has 0 spiro atoms. The van der Waals surface area contributed by atoms with Crippen LogP contribution in [0.1, 0.15) is 56.9 Å². The number of nitrogens with one attached hydrogen (secondary N) is 2. The molecule has 4 heteroatoms. The van der Waals surface area contributed by atoms with Gasteiger partial charge < -0.3 is 20.4 Å². The minimum atomic E-state index is 0.352. The fraction of sp³-hybridized carbons (Fsp3) is 0.667. The van der Waals surface area contributed by atoms with Crippen LogP contribution in [0.3, 0.4) is 0 Å². The maximum Gasteiger partial charge on any atom is 0.0749 e. The normalized spacial score (nSPS) is 21.7. The minimum absolute atomic E-state index is 0.352. The molecule has 4 nitrogen and oxygen atoms in total. The molecule has 2 aliphatic rings. The van der Waals surface area contributed by atoms with E-state index in [-0.39, 0.29) is 0 Å². The number of benzene rings is 1. The van der Waals surface area contributed by atoms with E-state index in [4.69, 9.17) is 10.1 Å². The zero-order valence-corrected chi connectivity index (χ0v) is 15.6. The van der Waals surface area contributed by atoms with Crippen LogP contribution >= 0.6 is 0 Å². The molecule has 1 heterocycles. The van der Waals surface area contributed by atoms with Gasteiger partial charge in [-0.05, 0) is 56.2 Å². The Bertz CT molecular complexity index is 528. The van der Waals surface area contributed by atoms with Gasteiger partial charge in [0.2, 0.25) is 0 Å². The zero-order chi connectivity index (χ0) is 17.5. The van der Waals surface area contributed by atoms with Gasteiger partial charge in [0, 0.05) is 49.9 Å². The van der Waals surface area contributed by atoms with Crippen LogP contribution in [-0.2, 0) is 4.74 Å². The van der Waals surface area contributed by atoms with E-state index in [1.165, 1.54) is 63.3 Å². The first kappa shape index (κ1) is 18.2. The Kier molecular flexibility index (Phi) is 6.74. The van der Waals surface area contributed by atoms with Crippen molar-refractivity contribution in [2.24, 2.45) is 5.92 Å². The Morgan fingerprint density at radius 3 is 2.60 bits per heavy atom. The van der Waals surface area contributed by atoms with Crippen LogP contribution in [0, 0.1) is 11.3 Å². The van der Waals surface area contributed by atoms with Gasteiger partial charge >= 0.3 is 0 Å². The summed E-state index contributed by atoms with van der Waals surface area (Å²) >= 11 is 0. The van der Waals surface area contributed by atoms with Crippen LogP contribution in [0.4, 0.5) is 11.4 Å². The van der Waals surface area contributed by atoms with Crippen molar-refractivity contribution in [2.45, 2.75) is 57.5 Å². The standard InChI is InChI=1S/C21H33N3O/c1-23-21-11-10-19(13-18(21)14-22)24(15-17-7-3-2-4-8-17)16-20-9-5-6-12-25-20/h10-11,13-14,17,20,22-23H,2-9,12,15-16H2,1H3. The number of rotatable bonds is 7. The SMILES string of the molecule is CNc1ccc(N(CC2CCCCC2)CC2CCCCO2)cc1C=N. The lowest BCUT2D eigenvalue weighted by molar-refractivity contribution is 0.0205. The first-order valence-corrected chi connectivity index (χ1v) is 9.99. The molecular weight excluding hydrogens is 310 g/mol. The molecule has 0 radical (unpaired) electrons. The van der Waals surface area contributed by atoms with Gasteiger partial charge in [0.15, 0.2) is 0 Å². The Balaban J connectivity index is 1.77. The Morgan fingerprint density at radius 2 is 1.92 bits per heavy atom. The average molecular weight is 344 g/mol. The molecule has 1 unspecified atom stereocenters. The maximum atomic E-state index is 7.72. The first-order valence-electron chi connectivity index (χ1n) is 9.99. The van der Waals surface area contributed by atoms with Gasteiger partial charge in [-0.3, -0.25) is 0 Å². The number of anilines is 2. The molecule has 1 aromatic rings. The summed E-state index contributed by atoms with van der Waals surface area (Å²) in [5, 5.41) is 10.9. The quantitative estimate of drug-likeness (QED) is 0.707. The van der Waals surface area contributed by atoms with Crippen LogP contribution < -0.4 is 10.2 Å². The van der Waals surface area contributed by atoms with Crippen LogP contribution in [-0.4, -0.2) is 39.1 Å². The minimum Gasteiger partial charge on any atom is -0.388 e. The average Bonchev–Trinajstić information content (AvgIpc) is 2.68. The predicted molar refractivity (Wildman–Crippen MR) is 106 cm³/mol. The third-order valence-electron chi connectivity index (χ3n) is 5.73. The lowest BCUT2D eigenvalue weighted by Gasteiger charge is -2.35. The molecule has 0 aromatic heterocycles. The molecule has 1 saturated heterocycles. The molecule has 1 aromatic carbocycles. The van der Waals surface area contributed by atoms with E-state index in [2.05, 4.69) is 28.4 Å². The van der Waals surface area contributed by atoms with Crippen LogP contribution in [0.25, 0.3) is 0 Å². The smallest absolute Gasteiger partial charge is 0.0749 e. The molecule has 3 rings (SSSR count). The summed E-state index contributed by atoms with van der Waals surface area (Å²) in [7, 11) is 1.91. The monoisotopic (exact) mass is 343 g/mol. The topological polar surface area (TPSA) is 48.4 Å². The predicted octanol–water partition coefficient (Wildman–Crippen LogP) is 4.68. The number of ether oxygens (including phenoxy) is 1. The van der Waals surface area contributed by atoms with E-state index >= 15 is 0 Å². The van der Waals surface area contributed by atoms with E-state index in [1.54, 1.807) is 0 Å². The first-order chi connectivity index (χ1) is 12.3. The lowest BCUT2D eigenvalue weighted by Crippen LogP contribution is -2.39.